The average molecular weight is 528 g/mol. The van der Waals surface area contributed by atoms with E-state index in [-0.39, 0.29) is 24.0 Å². The van der Waals surface area contributed by atoms with Crippen LogP contribution in [0, 0.1) is 0 Å². The summed E-state index contributed by atoms with van der Waals surface area (Å²) in [5, 5.41) is 6.63. The highest BCUT2D eigenvalue weighted by atomic mass is 127. The fourth-order valence-corrected chi connectivity index (χ4v) is 3.33. The smallest absolute Gasteiger partial charge is 0.213 e. The lowest BCUT2D eigenvalue weighted by molar-refractivity contribution is 0.105. The Morgan fingerprint density at radius 2 is 2.10 bits per heavy atom. The van der Waals surface area contributed by atoms with Crippen molar-refractivity contribution in [2.45, 2.75) is 57.8 Å². The number of nitrogens with one attached hydrogen (secondary N) is 2. The number of aliphatic imine (C=N–C) groups is 1. The summed E-state index contributed by atoms with van der Waals surface area (Å²) in [4.78, 5) is 8.63. The molecule has 0 spiro atoms. The molecule has 1 saturated carbocycles. The summed E-state index contributed by atoms with van der Waals surface area (Å²) in [5.74, 6) is 2.33. The Bertz CT molecular complexity index is 734. The zero-order chi connectivity index (χ0) is 20.2. The number of halogens is 1. The van der Waals surface area contributed by atoms with Crippen LogP contribution in [0.5, 0.6) is 5.88 Å². The molecule has 1 fully saturated rings. The number of hydrogen-bond donors (Lipinski definition) is 2. The van der Waals surface area contributed by atoms with Crippen LogP contribution in [0.25, 0.3) is 0 Å². The highest BCUT2D eigenvalue weighted by molar-refractivity contribution is 14.0. The quantitative estimate of drug-likeness (QED) is 0.208. The van der Waals surface area contributed by atoms with E-state index in [9.17, 15) is 0 Å². The van der Waals surface area contributed by atoms with Gasteiger partial charge in [0.2, 0.25) is 5.88 Å². The van der Waals surface area contributed by atoms with E-state index in [2.05, 4.69) is 20.6 Å². The second-order valence-electron chi connectivity index (χ2n) is 7.22. The van der Waals surface area contributed by atoms with Gasteiger partial charge in [-0.3, -0.25) is 4.99 Å². The predicted molar refractivity (Wildman–Crippen MR) is 128 cm³/mol. The summed E-state index contributed by atoms with van der Waals surface area (Å²) >= 11 is 0. The van der Waals surface area contributed by atoms with Crippen molar-refractivity contribution in [3.05, 3.63) is 48.0 Å². The van der Waals surface area contributed by atoms with Gasteiger partial charge in [0.1, 0.15) is 18.5 Å². The first-order chi connectivity index (χ1) is 14.3. The summed E-state index contributed by atoms with van der Waals surface area (Å²) < 4.78 is 16.9. The number of furan rings is 1. The topological polar surface area (TPSA) is 80.9 Å². The summed E-state index contributed by atoms with van der Waals surface area (Å²) in [6.07, 6.45) is 10.7. The van der Waals surface area contributed by atoms with E-state index >= 15 is 0 Å². The molecule has 0 atom stereocenters. The van der Waals surface area contributed by atoms with E-state index in [4.69, 9.17) is 13.9 Å². The van der Waals surface area contributed by atoms with Crippen LogP contribution in [0.1, 0.15) is 49.8 Å². The Labute approximate surface area is 196 Å². The molecule has 2 aromatic rings. The molecule has 166 valence electrons. The second-order valence-corrected chi connectivity index (χ2v) is 7.22. The normalized spacial score (nSPS) is 14.8. The molecule has 3 rings (SSSR count). The van der Waals surface area contributed by atoms with E-state index in [1.165, 1.54) is 19.3 Å². The first kappa shape index (κ1) is 24.5. The van der Waals surface area contributed by atoms with Crippen LogP contribution in [0.3, 0.4) is 0 Å². The van der Waals surface area contributed by atoms with Gasteiger partial charge in [0.15, 0.2) is 5.96 Å². The maximum atomic E-state index is 6.05. The summed E-state index contributed by atoms with van der Waals surface area (Å²) in [6.45, 7) is 2.62. The van der Waals surface area contributed by atoms with Crippen molar-refractivity contribution in [2.24, 2.45) is 4.99 Å². The van der Waals surface area contributed by atoms with Crippen molar-refractivity contribution < 1.29 is 13.9 Å². The van der Waals surface area contributed by atoms with Crippen molar-refractivity contribution in [3.8, 4) is 5.88 Å². The van der Waals surface area contributed by atoms with Crippen molar-refractivity contribution >= 4 is 29.9 Å². The third-order valence-electron chi connectivity index (χ3n) is 4.90. The Morgan fingerprint density at radius 3 is 2.87 bits per heavy atom. The molecule has 0 amide bonds. The molecule has 30 heavy (non-hydrogen) atoms. The monoisotopic (exact) mass is 528 g/mol. The second kappa shape index (κ2) is 14.2. The van der Waals surface area contributed by atoms with E-state index in [1.807, 2.05) is 30.5 Å². The SMILES string of the molecule is CN=C(NCCCOCc1ccco1)NCc1ccnc(OC2CCCCC2)c1.I. The number of hydrogen-bond acceptors (Lipinski definition) is 5. The largest absolute Gasteiger partial charge is 0.474 e. The minimum absolute atomic E-state index is 0. The maximum Gasteiger partial charge on any atom is 0.213 e. The number of pyridine rings is 1. The van der Waals surface area contributed by atoms with Crippen LogP contribution in [0.2, 0.25) is 0 Å². The van der Waals surface area contributed by atoms with Crippen molar-refractivity contribution in [1.82, 2.24) is 15.6 Å². The van der Waals surface area contributed by atoms with E-state index in [0.29, 0.717) is 31.7 Å². The maximum absolute atomic E-state index is 6.05. The fraction of sp³-hybridized carbons (Fsp3) is 0.545. The number of ether oxygens (including phenoxy) is 2. The molecular formula is C22H33IN4O3. The molecule has 0 aromatic carbocycles. The molecule has 1 aliphatic rings. The Morgan fingerprint density at radius 1 is 1.23 bits per heavy atom. The van der Waals surface area contributed by atoms with Crippen LogP contribution >= 0.6 is 24.0 Å². The molecule has 2 aromatic heterocycles. The van der Waals surface area contributed by atoms with Gasteiger partial charge >= 0.3 is 0 Å². The van der Waals surface area contributed by atoms with Crippen molar-refractivity contribution in [1.29, 1.82) is 0 Å². The van der Waals surface area contributed by atoms with Gasteiger partial charge in [-0.05, 0) is 55.9 Å². The van der Waals surface area contributed by atoms with Crippen LogP contribution < -0.4 is 15.4 Å². The third kappa shape index (κ3) is 8.91. The van der Waals surface area contributed by atoms with Crippen LogP contribution in [-0.4, -0.2) is 37.2 Å². The molecule has 1 aliphatic carbocycles. The minimum Gasteiger partial charge on any atom is -0.474 e. The highest BCUT2D eigenvalue weighted by Gasteiger charge is 2.15. The molecule has 0 bridgehead atoms. The fourth-order valence-electron chi connectivity index (χ4n) is 3.33. The van der Waals surface area contributed by atoms with Crippen molar-refractivity contribution in [3.63, 3.8) is 0 Å². The molecule has 0 saturated heterocycles. The first-order valence-corrected chi connectivity index (χ1v) is 10.5. The number of aromatic nitrogens is 1. The number of rotatable bonds is 10. The van der Waals surface area contributed by atoms with E-state index in [1.54, 1.807) is 13.3 Å². The standard InChI is InChI=1S/C22H32N4O3.HI/c1-23-22(25-11-6-13-27-17-20-9-5-14-28-20)26-16-18-10-12-24-21(15-18)29-19-7-3-2-4-8-19;/h5,9-10,12,14-15,19H,2-4,6-8,11,13,16-17H2,1H3,(H2,23,25,26);1H. The van der Waals surface area contributed by atoms with Gasteiger partial charge < -0.3 is 24.5 Å². The van der Waals surface area contributed by atoms with E-state index in [0.717, 1.165) is 43.1 Å². The Hall–Kier alpha value is -1.81. The van der Waals surface area contributed by atoms with Crippen LogP contribution in [0.15, 0.2) is 46.1 Å². The average Bonchev–Trinajstić information content (AvgIpc) is 3.27. The molecule has 7 nitrogen and oxygen atoms in total. The predicted octanol–water partition coefficient (Wildman–Crippen LogP) is 4.28. The summed E-state index contributed by atoms with van der Waals surface area (Å²) in [7, 11) is 1.77. The Balaban J connectivity index is 0.00000320. The zero-order valence-electron chi connectivity index (χ0n) is 17.6. The van der Waals surface area contributed by atoms with Gasteiger partial charge in [-0.25, -0.2) is 4.98 Å². The Kier molecular flexibility index (Phi) is 11.6. The lowest BCUT2D eigenvalue weighted by Gasteiger charge is -2.22. The molecule has 0 unspecified atom stereocenters. The highest BCUT2D eigenvalue weighted by Crippen LogP contribution is 2.22. The molecule has 2 heterocycles. The van der Waals surface area contributed by atoms with Crippen molar-refractivity contribution in [2.75, 3.05) is 20.2 Å². The van der Waals surface area contributed by atoms with E-state index < -0.39 is 0 Å². The van der Waals surface area contributed by atoms with Gasteiger partial charge in [0.25, 0.3) is 0 Å². The van der Waals surface area contributed by atoms with Crippen LogP contribution in [-0.2, 0) is 17.9 Å². The molecule has 8 heteroatoms. The van der Waals surface area contributed by atoms with Crippen LogP contribution in [0.4, 0.5) is 0 Å². The summed E-state index contributed by atoms with van der Waals surface area (Å²) in [5.41, 5.74) is 1.12. The molecule has 2 N–H and O–H groups in total. The zero-order valence-corrected chi connectivity index (χ0v) is 20.0. The van der Waals surface area contributed by atoms with Gasteiger partial charge in [0, 0.05) is 39.0 Å². The number of nitrogens with zero attached hydrogens (tertiary/aromatic N) is 2. The molecule has 0 radical (unpaired) electrons. The van der Waals surface area contributed by atoms with Gasteiger partial charge in [0.05, 0.1) is 6.26 Å². The van der Waals surface area contributed by atoms with Gasteiger partial charge in [-0.1, -0.05) is 6.42 Å². The summed E-state index contributed by atoms with van der Waals surface area (Å²) in [6, 6.07) is 7.78. The first-order valence-electron chi connectivity index (χ1n) is 10.5. The van der Waals surface area contributed by atoms with Gasteiger partial charge in [-0.15, -0.1) is 24.0 Å². The van der Waals surface area contributed by atoms with Gasteiger partial charge in [-0.2, -0.15) is 0 Å². The number of guanidine groups is 1. The lowest BCUT2D eigenvalue weighted by atomic mass is 9.98. The molecule has 0 aliphatic heterocycles. The lowest BCUT2D eigenvalue weighted by Crippen LogP contribution is -2.37. The third-order valence-corrected chi connectivity index (χ3v) is 4.90. The minimum atomic E-state index is 0. The molecular weight excluding hydrogens is 495 g/mol.